The number of hydrogen-bond acceptors (Lipinski definition) is 10. The van der Waals surface area contributed by atoms with Crippen molar-refractivity contribution in [2.24, 2.45) is 0 Å². The van der Waals surface area contributed by atoms with Crippen LogP contribution in [0, 0.1) is 0 Å². The van der Waals surface area contributed by atoms with Crippen molar-refractivity contribution in [1.29, 1.82) is 0 Å². The van der Waals surface area contributed by atoms with Crippen LogP contribution in [0.15, 0.2) is 24.3 Å². The Morgan fingerprint density at radius 3 is 0.647 bits per heavy atom. The molecular formula is C24H28O10. The summed E-state index contributed by atoms with van der Waals surface area (Å²) >= 11 is 0. The molecule has 0 saturated carbocycles. The van der Waals surface area contributed by atoms with Gasteiger partial charge in [0.25, 0.3) is 0 Å². The zero-order chi connectivity index (χ0) is 23.0. The number of rotatable bonds is 0. The summed E-state index contributed by atoms with van der Waals surface area (Å²) in [4.78, 5) is 0. The number of fused-ring (bicyclic) bond motifs is 4. The third-order valence-electron chi connectivity index (χ3n) is 5.16. The Balaban J connectivity index is 1.23. The largest absolute Gasteiger partial charge is 0.487 e. The fourth-order valence-corrected chi connectivity index (χ4v) is 3.60. The second-order valence-electron chi connectivity index (χ2n) is 7.50. The Morgan fingerprint density at radius 2 is 0.441 bits per heavy atom. The first-order chi connectivity index (χ1) is 16.9. The van der Waals surface area contributed by atoms with Crippen molar-refractivity contribution >= 4 is 0 Å². The second kappa shape index (κ2) is 11.3. The van der Waals surface area contributed by atoms with Gasteiger partial charge >= 0.3 is 0 Å². The minimum atomic E-state index is 0.338. The van der Waals surface area contributed by atoms with Gasteiger partial charge in [-0.2, -0.15) is 0 Å². The van der Waals surface area contributed by atoms with Crippen LogP contribution >= 0.6 is 0 Å². The summed E-state index contributed by atoms with van der Waals surface area (Å²) in [7, 11) is 0. The first-order valence-corrected chi connectivity index (χ1v) is 11.4. The van der Waals surface area contributed by atoms with Crippen molar-refractivity contribution < 1.29 is 47.4 Å². The van der Waals surface area contributed by atoms with Gasteiger partial charge in [-0.1, -0.05) is 0 Å². The summed E-state index contributed by atoms with van der Waals surface area (Å²) in [6, 6.07) is 7.12. The molecule has 0 amide bonds. The Labute approximate surface area is 197 Å². The molecule has 0 unspecified atom stereocenters. The molecule has 0 saturated heterocycles. The van der Waals surface area contributed by atoms with Crippen molar-refractivity contribution in [1.82, 2.24) is 0 Å². The maximum absolute atomic E-state index is 5.90. The van der Waals surface area contributed by atoms with E-state index in [1.165, 1.54) is 0 Å². The summed E-state index contributed by atoms with van der Waals surface area (Å²) in [5.41, 5.74) is 0. The van der Waals surface area contributed by atoms with Crippen LogP contribution in [0.1, 0.15) is 0 Å². The normalized spacial score (nSPS) is 18.8. The van der Waals surface area contributed by atoms with E-state index in [1.807, 2.05) is 0 Å². The van der Waals surface area contributed by atoms with Gasteiger partial charge in [-0.25, -0.2) is 0 Å². The number of hydrogen-bond donors (Lipinski definition) is 0. The van der Waals surface area contributed by atoms with E-state index in [9.17, 15) is 0 Å². The first kappa shape index (κ1) is 22.5. The molecular weight excluding hydrogens is 448 g/mol. The Morgan fingerprint density at radius 1 is 0.265 bits per heavy atom. The van der Waals surface area contributed by atoms with Gasteiger partial charge in [-0.05, 0) is 0 Å². The molecule has 184 valence electrons. The third-order valence-corrected chi connectivity index (χ3v) is 5.16. The second-order valence-corrected chi connectivity index (χ2v) is 7.50. The Bertz CT molecular complexity index is 812. The van der Waals surface area contributed by atoms with Crippen LogP contribution in [0.25, 0.3) is 0 Å². The number of benzene rings is 2. The molecule has 10 nitrogen and oxygen atoms in total. The molecule has 2 aromatic carbocycles. The van der Waals surface area contributed by atoms with Gasteiger partial charge in [-0.3, -0.25) is 0 Å². The van der Waals surface area contributed by atoms with Gasteiger partial charge in [0, 0.05) is 24.3 Å². The molecule has 0 fully saturated rings. The summed E-state index contributed by atoms with van der Waals surface area (Å²) in [6.07, 6.45) is 0. The lowest BCUT2D eigenvalue weighted by Gasteiger charge is -2.22. The van der Waals surface area contributed by atoms with Gasteiger partial charge < -0.3 is 47.4 Å². The third kappa shape index (κ3) is 5.63. The molecule has 34 heavy (non-hydrogen) atoms. The zero-order valence-corrected chi connectivity index (χ0v) is 18.9. The van der Waals surface area contributed by atoms with E-state index in [4.69, 9.17) is 47.4 Å². The minimum Gasteiger partial charge on any atom is -0.487 e. The monoisotopic (exact) mass is 476 g/mol. The molecule has 0 radical (unpaired) electrons. The summed E-state index contributed by atoms with van der Waals surface area (Å²) in [5.74, 6) is 4.79. The van der Waals surface area contributed by atoms with Crippen LogP contribution in [-0.4, -0.2) is 79.3 Å². The van der Waals surface area contributed by atoms with E-state index >= 15 is 0 Å². The predicted octanol–water partition coefficient (Wildman–Crippen LogP) is 2.49. The summed E-state index contributed by atoms with van der Waals surface area (Å²) in [6.45, 7) is 4.86. The molecule has 0 aromatic heterocycles. The highest BCUT2D eigenvalue weighted by Crippen LogP contribution is 2.42. The lowest BCUT2D eigenvalue weighted by Crippen LogP contribution is -2.18. The maximum Gasteiger partial charge on any atom is 0.165 e. The van der Waals surface area contributed by atoms with Crippen LogP contribution in [0.5, 0.6) is 46.0 Å². The first-order valence-electron chi connectivity index (χ1n) is 11.4. The smallest absolute Gasteiger partial charge is 0.165 e. The van der Waals surface area contributed by atoms with Gasteiger partial charge in [0.05, 0.1) is 26.4 Å². The molecule has 2 aromatic rings. The summed E-state index contributed by atoms with van der Waals surface area (Å²) < 4.78 is 57.6. The van der Waals surface area contributed by atoms with Crippen molar-refractivity contribution in [3.63, 3.8) is 0 Å². The number of ether oxygens (including phenoxy) is 10. The summed E-state index contributed by atoms with van der Waals surface area (Å²) in [5, 5.41) is 0. The maximum atomic E-state index is 5.90. The molecule has 3 heterocycles. The van der Waals surface area contributed by atoms with E-state index in [0.29, 0.717) is 125 Å². The fourth-order valence-electron chi connectivity index (χ4n) is 3.60. The highest BCUT2D eigenvalue weighted by molar-refractivity contribution is 5.55. The van der Waals surface area contributed by atoms with E-state index in [2.05, 4.69) is 0 Å². The molecule has 0 bridgehead atoms. The van der Waals surface area contributed by atoms with Crippen LogP contribution in [-0.2, 0) is 9.47 Å². The van der Waals surface area contributed by atoms with E-state index in [-0.39, 0.29) is 0 Å². The molecule has 0 aliphatic carbocycles. The lowest BCUT2D eigenvalue weighted by molar-refractivity contribution is 0.0632. The quantitative estimate of drug-likeness (QED) is 0.565. The molecule has 0 spiro atoms. The molecule has 0 N–H and O–H groups in total. The van der Waals surface area contributed by atoms with Crippen LogP contribution in [0.4, 0.5) is 0 Å². The molecule has 10 heteroatoms. The minimum absolute atomic E-state index is 0.338. The Hall–Kier alpha value is -3.24. The average Bonchev–Trinajstić information content (AvgIpc) is 2.87. The Kier molecular flexibility index (Phi) is 7.47. The van der Waals surface area contributed by atoms with Gasteiger partial charge in [0.2, 0.25) is 0 Å². The van der Waals surface area contributed by atoms with E-state index in [0.717, 1.165) is 0 Å². The SMILES string of the molecule is c1c2c(cc3c1OCCO3)OCCOCCOc1cc3c(cc1OCCOCCO2)OCCO3. The van der Waals surface area contributed by atoms with Crippen LogP contribution in [0.3, 0.4) is 0 Å². The van der Waals surface area contributed by atoms with Crippen molar-refractivity contribution in [2.75, 3.05) is 79.3 Å². The predicted molar refractivity (Wildman–Crippen MR) is 118 cm³/mol. The van der Waals surface area contributed by atoms with Crippen LogP contribution < -0.4 is 37.9 Å². The van der Waals surface area contributed by atoms with Crippen molar-refractivity contribution in [2.45, 2.75) is 0 Å². The zero-order valence-electron chi connectivity index (χ0n) is 18.9. The van der Waals surface area contributed by atoms with Gasteiger partial charge in [0.15, 0.2) is 46.0 Å². The van der Waals surface area contributed by atoms with E-state index in [1.54, 1.807) is 24.3 Å². The molecule has 3 aliphatic heterocycles. The fraction of sp³-hybridized carbons (Fsp3) is 0.500. The van der Waals surface area contributed by atoms with Crippen molar-refractivity contribution in [3.8, 4) is 46.0 Å². The molecule has 0 atom stereocenters. The topological polar surface area (TPSA) is 92.3 Å². The lowest BCUT2D eigenvalue weighted by atomic mass is 10.2. The average molecular weight is 476 g/mol. The molecule has 5 rings (SSSR count). The van der Waals surface area contributed by atoms with Crippen molar-refractivity contribution in [3.05, 3.63) is 24.3 Å². The van der Waals surface area contributed by atoms with E-state index < -0.39 is 0 Å². The molecule has 3 aliphatic rings. The standard InChI is InChI=1S/C24H28O10/c1-5-27-17-13-21-22(32-10-9-31-21)14-18(17)29-7-3-26-4-8-30-20-16-24-23(33-11-12-34-24)15-19(20)28-6-2-25-1/h13-16H,1-12H2. The van der Waals surface area contributed by atoms with Crippen LogP contribution in [0.2, 0.25) is 0 Å². The van der Waals surface area contributed by atoms with Gasteiger partial charge in [0.1, 0.15) is 52.9 Å². The van der Waals surface area contributed by atoms with Gasteiger partial charge in [-0.15, -0.1) is 0 Å². The highest BCUT2D eigenvalue weighted by atomic mass is 16.6. The highest BCUT2D eigenvalue weighted by Gasteiger charge is 2.19.